The minimum atomic E-state index is -0.612. The average Bonchev–Trinajstić information content (AvgIpc) is 2.44. The molecule has 20 heavy (non-hydrogen) atoms. The molecule has 1 aromatic carbocycles. The van der Waals surface area contributed by atoms with Crippen molar-refractivity contribution in [3.63, 3.8) is 0 Å². The summed E-state index contributed by atoms with van der Waals surface area (Å²) in [6.45, 7) is 4.59. The first kappa shape index (κ1) is 14.3. The average molecular weight is 274 g/mol. The molecule has 0 fully saturated rings. The molecule has 0 aliphatic carbocycles. The summed E-state index contributed by atoms with van der Waals surface area (Å²) in [5, 5.41) is 3.48. The highest BCUT2D eigenvalue weighted by molar-refractivity contribution is 5.99. The first-order valence-electron chi connectivity index (χ1n) is 6.55. The van der Waals surface area contributed by atoms with Gasteiger partial charge >= 0.3 is 5.63 Å². The Morgan fingerprint density at radius 2 is 2.10 bits per heavy atom. The number of nitrogens with one attached hydrogen (secondary N) is 1. The molecular formula is C15H18N2O3. The predicted molar refractivity (Wildman–Crippen MR) is 77.8 cm³/mol. The Kier molecular flexibility index (Phi) is 4.20. The molecule has 0 saturated heterocycles. The van der Waals surface area contributed by atoms with Crippen molar-refractivity contribution in [3.05, 3.63) is 45.8 Å². The normalized spacial score (nSPS) is 12.3. The topological polar surface area (TPSA) is 85.3 Å². The number of para-hydroxylation sites is 1. The van der Waals surface area contributed by atoms with E-state index in [9.17, 15) is 9.59 Å². The summed E-state index contributed by atoms with van der Waals surface area (Å²) >= 11 is 0. The van der Waals surface area contributed by atoms with Crippen LogP contribution in [0.25, 0.3) is 11.0 Å². The van der Waals surface area contributed by atoms with Crippen LogP contribution in [0, 0.1) is 12.8 Å². The standard InChI is InChI=1S/C15H18N2O3/c1-9(7-16)8-17-14(18)13-10(2)11-5-3-4-6-12(11)20-15(13)19/h3-6,9H,7-8,16H2,1-2H3,(H,17,18). The van der Waals surface area contributed by atoms with E-state index in [1.807, 2.05) is 19.1 Å². The van der Waals surface area contributed by atoms with E-state index in [0.717, 1.165) is 5.39 Å². The lowest BCUT2D eigenvalue weighted by molar-refractivity contribution is 0.0944. The molecule has 0 bridgehead atoms. The van der Waals surface area contributed by atoms with Crippen molar-refractivity contribution >= 4 is 16.9 Å². The second-order valence-electron chi connectivity index (χ2n) is 4.94. The van der Waals surface area contributed by atoms with Crippen LogP contribution in [0.3, 0.4) is 0 Å². The van der Waals surface area contributed by atoms with Crippen LogP contribution < -0.4 is 16.7 Å². The Morgan fingerprint density at radius 3 is 2.80 bits per heavy atom. The maximum Gasteiger partial charge on any atom is 0.349 e. The second kappa shape index (κ2) is 5.88. The van der Waals surface area contributed by atoms with Gasteiger partial charge in [-0.25, -0.2) is 4.79 Å². The van der Waals surface area contributed by atoms with Gasteiger partial charge < -0.3 is 15.5 Å². The van der Waals surface area contributed by atoms with Crippen molar-refractivity contribution < 1.29 is 9.21 Å². The Hall–Kier alpha value is -2.14. The van der Waals surface area contributed by atoms with Crippen LogP contribution in [0.1, 0.15) is 22.8 Å². The molecule has 1 unspecified atom stereocenters. The number of carbonyl (C=O) groups excluding carboxylic acids is 1. The lowest BCUT2D eigenvalue weighted by atomic mass is 10.1. The Balaban J connectivity index is 2.39. The van der Waals surface area contributed by atoms with Gasteiger partial charge in [-0.2, -0.15) is 0 Å². The summed E-state index contributed by atoms with van der Waals surface area (Å²) in [5.41, 5.74) is 6.07. The zero-order valence-electron chi connectivity index (χ0n) is 11.6. The third kappa shape index (κ3) is 2.72. The highest BCUT2D eigenvalue weighted by atomic mass is 16.4. The number of hydrogen-bond donors (Lipinski definition) is 2. The maximum absolute atomic E-state index is 12.1. The number of amides is 1. The fourth-order valence-electron chi connectivity index (χ4n) is 2.01. The molecule has 1 heterocycles. The fraction of sp³-hybridized carbons (Fsp3) is 0.333. The summed E-state index contributed by atoms with van der Waals surface area (Å²) in [6.07, 6.45) is 0. The number of nitrogens with two attached hydrogens (primary N) is 1. The molecule has 1 aromatic heterocycles. The summed E-state index contributed by atoms with van der Waals surface area (Å²) in [7, 11) is 0. The van der Waals surface area contributed by atoms with Gasteiger partial charge in [0.1, 0.15) is 11.1 Å². The monoisotopic (exact) mass is 274 g/mol. The van der Waals surface area contributed by atoms with Crippen LogP contribution in [0.2, 0.25) is 0 Å². The van der Waals surface area contributed by atoms with Crippen molar-refractivity contribution in [1.82, 2.24) is 5.32 Å². The maximum atomic E-state index is 12.1. The van der Waals surface area contributed by atoms with E-state index in [0.29, 0.717) is 24.2 Å². The minimum absolute atomic E-state index is 0.0629. The van der Waals surface area contributed by atoms with Crippen molar-refractivity contribution in [1.29, 1.82) is 0 Å². The Labute approximate surface area is 116 Å². The van der Waals surface area contributed by atoms with E-state index in [-0.39, 0.29) is 11.5 Å². The van der Waals surface area contributed by atoms with Crippen molar-refractivity contribution in [2.24, 2.45) is 11.7 Å². The van der Waals surface area contributed by atoms with E-state index >= 15 is 0 Å². The van der Waals surface area contributed by atoms with Gasteiger partial charge in [-0.3, -0.25) is 4.79 Å². The summed E-state index contributed by atoms with van der Waals surface area (Å²) in [5.74, 6) is -0.256. The fourth-order valence-corrected chi connectivity index (χ4v) is 2.01. The SMILES string of the molecule is Cc1c(C(=O)NCC(C)CN)c(=O)oc2ccccc12. The lowest BCUT2D eigenvalue weighted by Crippen LogP contribution is -2.34. The Bertz CT molecular complexity index is 691. The van der Waals surface area contributed by atoms with Gasteiger partial charge in [0.2, 0.25) is 0 Å². The molecule has 1 amide bonds. The smallest absolute Gasteiger partial charge is 0.349 e. The van der Waals surface area contributed by atoms with Gasteiger partial charge in [-0.05, 0) is 31.0 Å². The molecule has 5 heteroatoms. The molecule has 3 N–H and O–H groups in total. The molecule has 0 saturated carbocycles. The molecule has 1 atom stereocenters. The molecule has 0 radical (unpaired) electrons. The minimum Gasteiger partial charge on any atom is -0.422 e. The lowest BCUT2D eigenvalue weighted by Gasteiger charge is -2.11. The van der Waals surface area contributed by atoms with Crippen molar-refractivity contribution in [2.75, 3.05) is 13.1 Å². The number of rotatable bonds is 4. The second-order valence-corrected chi connectivity index (χ2v) is 4.94. The van der Waals surface area contributed by atoms with Crippen LogP contribution in [-0.4, -0.2) is 19.0 Å². The Morgan fingerprint density at radius 1 is 1.40 bits per heavy atom. The quantitative estimate of drug-likeness (QED) is 0.826. The number of hydrogen-bond acceptors (Lipinski definition) is 4. The van der Waals surface area contributed by atoms with Gasteiger partial charge in [0.05, 0.1) is 0 Å². The third-order valence-corrected chi connectivity index (χ3v) is 3.31. The van der Waals surface area contributed by atoms with E-state index < -0.39 is 11.5 Å². The highest BCUT2D eigenvalue weighted by Gasteiger charge is 2.18. The van der Waals surface area contributed by atoms with Crippen LogP contribution >= 0.6 is 0 Å². The number of fused-ring (bicyclic) bond motifs is 1. The third-order valence-electron chi connectivity index (χ3n) is 3.31. The van der Waals surface area contributed by atoms with Gasteiger partial charge in [0.25, 0.3) is 5.91 Å². The van der Waals surface area contributed by atoms with Gasteiger partial charge in [-0.15, -0.1) is 0 Å². The zero-order chi connectivity index (χ0) is 14.7. The van der Waals surface area contributed by atoms with Crippen LogP contribution in [-0.2, 0) is 0 Å². The molecule has 0 spiro atoms. The molecule has 106 valence electrons. The number of benzene rings is 1. The van der Waals surface area contributed by atoms with Crippen molar-refractivity contribution in [3.8, 4) is 0 Å². The molecular weight excluding hydrogens is 256 g/mol. The zero-order valence-corrected chi connectivity index (χ0v) is 11.6. The van der Waals surface area contributed by atoms with Crippen molar-refractivity contribution in [2.45, 2.75) is 13.8 Å². The summed E-state index contributed by atoms with van der Waals surface area (Å²) < 4.78 is 5.19. The van der Waals surface area contributed by atoms with E-state index in [4.69, 9.17) is 10.2 Å². The van der Waals surface area contributed by atoms with E-state index in [1.54, 1.807) is 19.1 Å². The molecule has 5 nitrogen and oxygen atoms in total. The molecule has 2 aromatic rings. The van der Waals surface area contributed by atoms with Crippen LogP contribution in [0.15, 0.2) is 33.5 Å². The first-order chi connectivity index (χ1) is 9.54. The van der Waals surface area contributed by atoms with E-state index in [1.165, 1.54) is 0 Å². The summed E-state index contributed by atoms with van der Waals surface area (Å²) in [6, 6.07) is 7.16. The van der Waals surface area contributed by atoms with Gasteiger partial charge in [-0.1, -0.05) is 25.1 Å². The largest absolute Gasteiger partial charge is 0.422 e. The predicted octanol–water partition coefficient (Wildman–Crippen LogP) is 1.43. The number of aryl methyl sites for hydroxylation is 1. The van der Waals surface area contributed by atoms with Crippen LogP contribution in [0.5, 0.6) is 0 Å². The first-order valence-corrected chi connectivity index (χ1v) is 6.55. The highest BCUT2D eigenvalue weighted by Crippen LogP contribution is 2.18. The molecule has 0 aliphatic heterocycles. The van der Waals surface area contributed by atoms with Crippen LogP contribution in [0.4, 0.5) is 0 Å². The molecule has 0 aliphatic rings. The van der Waals surface area contributed by atoms with E-state index in [2.05, 4.69) is 5.32 Å². The number of carbonyl (C=O) groups is 1. The summed E-state index contributed by atoms with van der Waals surface area (Å²) in [4.78, 5) is 24.1. The van der Waals surface area contributed by atoms with Gasteiger partial charge in [0.15, 0.2) is 0 Å². The van der Waals surface area contributed by atoms with Gasteiger partial charge in [0, 0.05) is 11.9 Å². The molecule has 2 rings (SSSR count).